The smallest absolute Gasteiger partial charge is 0.123 e. The second kappa shape index (κ2) is 4.90. The summed E-state index contributed by atoms with van der Waals surface area (Å²) in [6.07, 6.45) is 3.59. The summed E-state index contributed by atoms with van der Waals surface area (Å²) >= 11 is 0. The summed E-state index contributed by atoms with van der Waals surface area (Å²) in [4.78, 5) is 2.53. The van der Waals surface area contributed by atoms with Crippen molar-refractivity contribution in [2.75, 3.05) is 13.1 Å². The number of hydrogen-bond acceptors (Lipinski definition) is 3. The van der Waals surface area contributed by atoms with E-state index in [1.165, 1.54) is 5.56 Å². The maximum absolute atomic E-state index is 6.01. The van der Waals surface area contributed by atoms with Gasteiger partial charge in [-0.2, -0.15) is 0 Å². The van der Waals surface area contributed by atoms with Gasteiger partial charge in [0, 0.05) is 31.6 Å². The van der Waals surface area contributed by atoms with Crippen LogP contribution in [0.5, 0.6) is 5.75 Å². The molecule has 1 saturated heterocycles. The van der Waals surface area contributed by atoms with E-state index in [0.29, 0.717) is 18.2 Å². The van der Waals surface area contributed by atoms with Gasteiger partial charge in [-0.1, -0.05) is 18.2 Å². The molecule has 3 nitrogen and oxygen atoms in total. The van der Waals surface area contributed by atoms with E-state index in [1.54, 1.807) is 0 Å². The van der Waals surface area contributed by atoms with Gasteiger partial charge in [0.1, 0.15) is 11.9 Å². The molecule has 2 aliphatic rings. The number of likely N-dealkylation sites (tertiary alicyclic amines) is 1. The molecule has 0 bridgehead atoms. The van der Waals surface area contributed by atoms with Crippen molar-refractivity contribution in [1.82, 2.24) is 4.90 Å². The van der Waals surface area contributed by atoms with Crippen molar-refractivity contribution >= 4 is 0 Å². The zero-order chi connectivity index (χ0) is 12.5. The molecule has 3 heteroatoms. The van der Waals surface area contributed by atoms with Gasteiger partial charge in [0.25, 0.3) is 0 Å². The highest BCUT2D eigenvalue weighted by Crippen LogP contribution is 2.29. The lowest BCUT2D eigenvalue weighted by atomic mass is 9.98. The minimum absolute atomic E-state index is 0.319. The van der Waals surface area contributed by atoms with Gasteiger partial charge in [0.05, 0.1) is 0 Å². The molecule has 0 saturated carbocycles. The summed E-state index contributed by atoms with van der Waals surface area (Å²) in [5, 5.41) is 0. The number of benzene rings is 1. The molecular weight excluding hydrogens is 224 g/mol. The standard InChI is InChI=1S/C15H22N2O/c1-11-8-13(16)6-7-17(11)10-14-9-12-4-2-3-5-15(12)18-14/h2-5,11,13-14H,6-10,16H2,1H3. The molecule has 1 aromatic rings. The maximum atomic E-state index is 6.01. The van der Waals surface area contributed by atoms with E-state index in [1.807, 2.05) is 6.07 Å². The Kier molecular flexibility index (Phi) is 3.27. The van der Waals surface area contributed by atoms with Crippen LogP contribution in [0.15, 0.2) is 24.3 Å². The Bertz CT molecular complexity index is 396. The Morgan fingerprint density at radius 3 is 3.00 bits per heavy atom. The summed E-state index contributed by atoms with van der Waals surface area (Å²) in [6, 6.07) is 9.35. The molecular formula is C15H22N2O. The maximum Gasteiger partial charge on any atom is 0.123 e. The quantitative estimate of drug-likeness (QED) is 0.865. The highest BCUT2D eigenvalue weighted by molar-refractivity contribution is 5.37. The summed E-state index contributed by atoms with van der Waals surface area (Å²) in [5.41, 5.74) is 7.36. The van der Waals surface area contributed by atoms with Crippen LogP contribution in [0.4, 0.5) is 0 Å². The first kappa shape index (κ1) is 12.0. The Morgan fingerprint density at radius 1 is 1.39 bits per heavy atom. The Balaban J connectivity index is 1.59. The molecule has 2 N–H and O–H groups in total. The fourth-order valence-corrected chi connectivity index (χ4v) is 3.15. The molecule has 1 fully saturated rings. The van der Waals surface area contributed by atoms with Crippen molar-refractivity contribution in [3.8, 4) is 5.75 Å². The van der Waals surface area contributed by atoms with Crippen LogP contribution in [0.2, 0.25) is 0 Å². The highest BCUT2D eigenvalue weighted by atomic mass is 16.5. The molecule has 0 aliphatic carbocycles. The first-order chi connectivity index (χ1) is 8.72. The molecule has 1 aromatic carbocycles. The fourth-order valence-electron chi connectivity index (χ4n) is 3.15. The van der Waals surface area contributed by atoms with E-state index in [9.17, 15) is 0 Å². The number of para-hydroxylation sites is 1. The third-order valence-corrected chi connectivity index (χ3v) is 4.21. The number of fused-ring (bicyclic) bond motifs is 1. The number of hydrogen-bond donors (Lipinski definition) is 1. The molecule has 2 aliphatic heterocycles. The van der Waals surface area contributed by atoms with E-state index in [0.717, 1.165) is 38.1 Å². The molecule has 2 heterocycles. The molecule has 0 aromatic heterocycles. The SMILES string of the molecule is CC1CC(N)CCN1CC1Cc2ccccc2O1. The van der Waals surface area contributed by atoms with Crippen LogP contribution in [0.25, 0.3) is 0 Å². The fraction of sp³-hybridized carbons (Fsp3) is 0.600. The summed E-state index contributed by atoms with van der Waals surface area (Å²) < 4.78 is 6.01. The van der Waals surface area contributed by atoms with Crippen LogP contribution in [0.3, 0.4) is 0 Å². The van der Waals surface area contributed by atoms with Gasteiger partial charge in [-0.15, -0.1) is 0 Å². The van der Waals surface area contributed by atoms with Crippen molar-refractivity contribution in [3.63, 3.8) is 0 Å². The Morgan fingerprint density at radius 2 is 2.22 bits per heavy atom. The predicted molar refractivity (Wildman–Crippen MR) is 72.8 cm³/mol. The number of piperidine rings is 1. The van der Waals surface area contributed by atoms with Crippen molar-refractivity contribution in [2.24, 2.45) is 5.73 Å². The van der Waals surface area contributed by atoms with E-state index in [4.69, 9.17) is 10.5 Å². The van der Waals surface area contributed by atoms with E-state index in [-0.39, 0.29) is 0 Å². The van der Waals surface area contributed by atoms with Crippen LogP contribution in [0.1, 0.15) is 25.3 Å². The zero-order valence-electron chi connectivity index (χ0n) is 11.0. The average molecular weight is 246 g/mol. The summed E-state index contributed by atoms with van der Waals surface area (Å²) in [5.74, 6) is 1.07. The summed E-state index contributed by atoms with van der Waals surface area (Å²) in [6.45, 7) is 4.42. The lowest BCUT2D eigenvalue weighted by molar-refractivity contribution is 0.0912. The van der Waals surface area contributed by atoms with Gasteiger partial charge in [0.15, 0.2) is 0 Å². The molecule has 18 heavy (non-hydrogen) atoms. The van der Waals surface area contributed by atoms with Crippen LogP contribution < -0.4 is 10.5 Å². The molecule has 3 unspecified atom stereocenters. The van der Waals surface area contributed by atoms with Gasteiger partial charge < -0.3 is 10.5 Å². The third-order valence-electron chi connectivity index (χ3n) is 4.21. The van der Waals surface area contributed by atoms with Crippen LogP contribution in [0, 0.1) is 0 Å². The first-order valence-electron chi connectivity index (χ1n) is 6.96. The molecule has 0 amide bonds. The molecule has 3 rings (SSSR count). The molecule has 98 valence electrons. The molecule has 0 spiro atoms. The highest BCUT2D eigenvalue weighted by Gasteiger charge is 2.29. The zero-order valence-corrected chi connectivity index (χ0v) is 11.0. The van der Waals surface area contributed by atoms with Crippen molar-refractivity contribution < 1.29 is 4.74 Å². The topological polar surface area (TPSA) is 38.5 Å². The van der Waals surface area contributed by atoms with E-state index >= 15 is 0 Å². The Hall–Kier alpha value is -1.06. The van der Waals surface area contributed by atoms with Gasteiger partial charge in [-0.25, -0.2) is 0 Å². The second-order valence-corrected chi connectivity index (χ2v) is 5.68. The van der Waals surface area contributed by atoms with Crippen molar-refractivity contribution in [3.05, 3.63) is 29.8 Å². The molecule has 0 radical (unpaired) electrons. The first-order valence-corrected chi connectivity index (χ1v) is 6.96. The second-order valence-electron chi connectivity index (χ2n) is 5.68. The Labute approximate surface area is 109 Å². The number of rotatable bonds is 2. The van der Waals surface area contributed by atoms with Crippen LogP contribution in [-0.4, -0.2) is 36.2 Å². The lowest BCUT2D eigenvalue weighted by Gasteiger charge is -2.37. The predicted octanol–water partition coefficient (Wildman–Crippen LogP) is 1.80. The van der Waals surface area contributed by atoms with Gasteiger partial charge >= 0.3 is 0 Å². The lowest BCUT2D eigenvalue weighted by Crippen LogP contribution is -2.48. The summed E-state index contributed by atoms with van der Waals surface area (Å²) in [7, 11) is 0. The van der Waals surface area contributed by atoms with E-state index in [2.05, 4.69) is 30.0 Å². The third kappa shape index (κ3) is 2.38. The van der Waals surface area contributed by atoms with Gasteiger partial charge in [-0.05, 0) is 31.4 Å². The normalized spacial score (nSPS) is 32.0. The minimum Gasteiger partial charge on any atom is -0.488 e. The van der Waals surface area contributed by atoms with E-state index < -0.39 is 0 Å². The van der Waals surface area contributed by atoms with Crippen LogP contribution in [-0.2, 0) is 6.42 Å². The van der Waals surface area contributed by atoms with Crippen molar-refractivity contribution in [2.45, 2.75) is 44.4 Å². The number of nitrogens with zero attached hydrogens (tertiary/aromatic N) is 1. The van der Waals surface area contributed by atoms with Gasteiger partial charge in [-0.3, -0.25) is 4.90 Å². The van der Waals surface area contributed by atoms with Crippen molar-refractivity contribution in [1.29, 1.82) is 0 Å². The largest absolute Gasteiger partial charge is 0.488 e. The number of nitrogens with two attached hydrogens (primary N) is 1. The monoisotopic (exact) mass is 246 g/mol. The minimum atomic E-state index is 0.319. The number of ether oxygens (including phenoxy) is 1. The van der Waals surface area contributed by atoms with Crippen LogP contribution >= 0.6 is 0 Å². The molecule has 3 atom stereocenters. The van der Waals surface area contributed by atoms with Gasteiger partial charge in [0.2, 0.25) is 0 Å². The average Bonchev–Trinajstić information content (AvgIpc) is 2.75.